The summed E-state index contributed by atoms with van der Waals surface area (Å²) in [5.74, 6) is -0.528. The van der Waals surface area contributed by atoms with Crippen LogP contribution in [0.25, 0.3) is 0 Å². The smallest absolute Gasteiger partial charge is 0.348 e. The van der Waals surface area contributed by atoms with Gasteiger partial charge in [-0.25, -0.2) is 4.79 Å². The largest absolute Gasteiger partial charge is 0.459 e. The lowest BCUT2D eigenvalue weighted by molar-refractivity contribution is 0.0384. The summed E-state index contributed by atoms with van der Waals surface area (Å²) in [6.45, 7) is 3.57. The highest BCUT2D eigenvalue weighted by Gasteiger charge is 2.16. The number of nitrogens with two attached hydrogens (primary N) is 1. The first-order valence-electron chi connectivity index (χ1n) is 6.18. The first-order valence-corrected chi connectivity index (χ1v) is 7.00. The maximum Gasteiger partial charge on any atom is 0.348 e. The molecular weight excluding hydrogens is 274 g/mol. The van der Waals surface area contributed by atoms with Gasteiger partial charge in [0.15, 0.2) is 0 Å². The zero-order valence-electron chi connectivity index (χ0n) is 11.3. The third kappa shape index (κ3) is 3.24. The van der Waals surface area contributed by atoms with Crippen molar-refractivity contribution in [2.45, 2.75) is 20.0 Å². The fourth-order valence-corrected chi connectivity index (χ4v) is 2.47. The molecule has 0 fully saturated rings. The zero-order chi connectivity index (χ0) is 14.7. The summed E-state index contributed by atoms with van der Waals surface area (Å²) in [6, 6.07) is 9.94. The van der Waals surface area contributed by atoms with Gasteiger partial charge in [0, 0.05) is 11.3 Å². The van der Waals surface area contributed by atoms with Gasteiger partial charge in [-0.2, -0.15) is 0 Å². The highest BCUT2D eigenvalue weighted by Crippen LogP contribution is 2.21. The molecule has 0 aliphatic carbocycles. The molecule has 2 N–H and O–H groups in total. The molecule has 0 saturated heterocycles. The Morgan fingerprint density at radius 2 is 1.65 bits per heavy atom. The van der Waals surface area contributed by atoms with E-state index in [4.69, 9.17) is 10.5 Å². The number of carbonyl (C=O) groups excluding carboxylic acids is 2. The van der Waals surface area contributed by atoms with Crippen molar-refractivity contribution in [2.75, 3.05) is 5.73 Å². The van der Waals surface area contributed by atoms with Crippen LogP contribution >= 0.6 is 11.3 Å². The summed E-state index contributed by atoms with van der Waals surface area (Å²) < 4.78 is 5.09. The van der Waals surface area contributed by atoms with E-state index in [1.165, 1.54) is 0 Å². The van der Waals surface area contributed by atoms with Crippen LogP contribution in [0.3, 0.4) is 0 Å². The minimum Gasteiger partial charge on any atom is -0.459 e. The second-order valence-corrected chi connectivity index (χ2v) is 5.65. The number of nitrogen functional groups attached to an aromatic ring is 1. The second-order valence-electron chi connectivity index (χ2n) is 4.57. The first-order chi connectivity index (χ1) is 9.47. The Morgan fingerprint density at radius 3 is 2.25 bits per heavy atom. The molecule has 2 rings (SSSR count). The number of benzene rings is 1. The highest BCUT2D eigenvalue weighted by molar-refractivity contribution is 7.16. The molecule has 0 radical (unpaired) electrons. The van der Waals surface area contributed by atoms with Gasteiger partial charge in [0.1, 0.15) is 4.88 Å². The van der Waals surface area contributed by atoms with Crippen molar-refractivity contribution >= 4 is 28.8 Å². The van der Waals surface area contributed by atoms with E-state index in [0.29, 0.717) is 21.0 Å². The summed E-state index contributed by atoms with van der Waals surface area (Å²) in [5, 5.41) is 0. The summed E-state index contributed by atoms with van der Waals surface area (Å²) in [7, 11) is 0. The molecule has 20 heavy (non-hydrogen) atoms. The van der Waals surface area contributed by atoms with E-state index >= 15 is 0 Å². The molecule has 5 heteroatoms. The van der Waals surface area contributed by atoms with Crippen LogP contribution in [0.1, 0.15) is 38.8 Å². The number of hydrogen-bond donors (Lipinski definition) is 1. The van der Waals surface area contributed by atoms with Crippen LogP contribution in [0.4, 0.5) is 5.69 Å². The maximum absolute atomic E-state index is 12.2. The number of anilines is 1. The fourth-order valence-electron chi connectivity index (χ4n) is 1.62. The molecule has 0 unspecified atom stereocenters. The van der Waals surface area contributed by atoms with Crippen LogP contribution in [0.5, 0.6) is 0 Å². The quantitative estimate of drug-likeness (QED) is 0.533. The predicted octanol–water partition coefficient (Wildman–Crippen LogP) is 3.13. The summed E-state index contributed by atoms with van der Waals surface area (Å²) in [4.78, 5) is 24.9. The Hall–Kier alpha value is -2.14. The SMILES string of the molecule is CC(C)OC(=O)c1ccc(C(=O)c2ccc(N)cc2)s1. The van der Waals surface area contributed by atoms with Crippen LogP contribution in [-0.4, -0.2) is 17.9 Å². The fraction of sp³-hybridized carbons (Fsp3) is 0.200. The van der Waals surface area contributed by atoms with E-state index in [2.05, 4.69) is 0 Å². The number of ketones is 1. The van der Waals surface area contributed by atoms with Crippen molar-refractivity contribution in [3.63, 3.8) is 0 Å². The number of thiophene rings is 1. The molecule has 0 aliphatic heterocycles. The van der Waals surface area contributed by atoms with E-state index in [9.17, 15) is 9.59 Å². The van der Waals surface area contributed by atoms with Crippen LogP contribution in [0.15, 0.2) is 36.4 Å². The van der Waals surface area contributed by atoms with Gasteiger partial charge in [0.2, 0.25) is 5.78 Å². The molecule has 0 spiro atoms. The van der Waals surface area contributed by atoms with Crippen LogP contribution in [0, 0.1) is 0 Å². The maximum atomic E-state index is 12.2. The van der Waals surface area contributed by atoms with E-state index in [0.717, 1.165) is 11.3 Å². The van der Waals surface area contributed by atoms with Crippen LogP contribution < -0.4 is 5.73 Å². The van der Waals surface area contributed by atoms with Gasteiger partial charge >= 0.3 is 5.97 Å². The molecule has 0 atom stereocenters. The van der Waals surface area contributed by atoms with E-state index in [1.54, 1.807) is 50.2 Å². The second kappa shape index (κ2) is 5.88. The van der Waals surface area contributed by atoms with E-state index in [1.807, 2.05) is 0 Å². The monoisotopic (exact) mass is 289 g/mol. The van der Waals surface area contributed by atoms with Gasteiger partial charge in [-0.3, -0.25) is 4.79 Å². The minimum absolute atomic E-state index is 0.126. The van der Waals surface area contributed by atoms with Crippen molar-refractivity contribution in [3.05, 3.63) is 51.7 Å². The van der Waals surface area contributed by atoms with Gasteiger partial charge in [-0.05, 0) is 50.2 Å². The minimum atomic E-state index is -0.402. The molecular formula is C15H15NO3S. The number of carbonyl (C=O) groups is 2. The zero-order valence-corrected chi connectivity index (χ0v) is 12.1. The van der Waals surface area contributed by atoms with E-state index < -0.39 is 5.97 Å². The lowest BCUT2D eigenvalue weighted by atomic mass is 10.1. The predicted molar refractivity (Wildman–Crippen MR) is 79.2 cm³/mol. The van der Waals surface area contributed by atoms with Crippen molar-refractivity contribution < 1.29 is 14.3 Å². The van der Waals surface area contributed by atoms with Gasteiger partial charge in [-0.15, -0.1) is 11.3 Å². The summed E-state index contributed by atoms with van der Waals surface area (Å²) in [5.41, 5.74) is 6.74. The molecule has 4 nitrogen and oxygen atoms in total. The number of hydrogen-bond acceptors (Lipinski definition) is 5. The Balaban J connectivity index is 2.18. The average molecular weight is 289 g/mol. The van der Waals surface area contributed by atoms with Crippen molar-refractivity contribution in [2.24, 2.45) is 0 Å². The molecule has 0 saturated carbocycles. The lowest BCUT2D eigenvalue weighted by Gasteiger charge is -2.05. The van der Waals surface area contributed by atoms with Gasteiger partial charge in [-0.1, -0.05) is 0 Å². The van der Waals surface area contributed by atoms with E-state index in [-0.39, 0.29) is 11.9 Å². The number of ether oxygens (including phenoxy) is 1. The van der Waals surface area contributed by atoms with Gasteiger partial charge < -0.3 is 10.5 Å². The normalized spacial score (nSPS) is 10.6. The van der Waals surface area contributed by atoms with Crippen LogP contribution in [-0.2, 0) is 4.74 Å². The van der Waals surface area contributed by atoms with Crippen LogP contribution in [0.2, 0.25) is 0 Å². The molecule has 0 bridgehead atoms. The Morgan fingerprint density at radius 1 is 1.05 bits per heavy atom. The van der Waals surface area contributed by atoms with Gasteiger partial charge in [0.05, 0.1) is 11.0 Å². The third-order valence-electron chi connectivity index (χ3n) is 2.55. The standard InChI is InChI=1S/C15H15NO3S/c1-9(2)19-15(18)13-8-7-12(20-13)14(17)10-3-5-11(16)6-4-10/h3-9H,16H2,1-2H3. The molecule has 104 valence electrons. The Labute approximate surface area is 121 Å². The summed E-state index contributed by atoms with van der Waals surface area (Å²) >= 11 is 1.13. The third-order valence-corrected chi connectivity index (χ3v) is 3.61. The Bertz CT molecular complexity index is 629. The number of rotatable bonds is 4. The number of esters is 1. The van der Waals surface area contributed by atoms with Gasteiger partial charge in [0.25, 0.3) is 0 Å². The molecule has 0 amide bonds. The molecule has 1 aromatic heterocycles. The van der Waals surface area contributed by atoms with Crippen molar-refractivity contribution in [1.29, 1.82) is 0 Å². The molecule has 2 aromatic rings. The average Bonchev–Trinajstić information content (AvgIpc) is 2.87. The molecule has 0 aliphatic rings. The Kier molecular flexibility index (Phi) is 4.20. The molecule has 1 heterocycles. The summed E-state index contributed by atoms with van der Waals surface area (Å²) in [6.07, 6.45) is -0.180. The van der Waals surface area contributed by atoms with Crippen molar-refractivity contribution in [1.82, 2.24) is 0 Å². The highest BCUT2D eigenvalue weighted by atomic mass is 32.1. The topological polar surface area (TPSA) is 69.4 Å². The van der Waals surface area contributed by atoms with Crippen molar-refractivity contribution in [3.8, 4) is 0 Å². The molecule has 1 aromatic carbocycles. The first kappa shape index (κ1) is 14.3. The lowest BCUT2D eigenvalue weighted by Crippen LogP contribution is -2.10.